The molecule has 1 fully saturated rings. The molecule has 8 heteroatoms. The third-order valence-corrected chi connectivity index (χ3v) is 5.85. The number of nitrogens with zero attached hydrogens (tertiary/aromatic N) is 3. The summed E-state index contributed by atoms with van der Waals surface area (Å²) in [5.74, 6) is -0.568. The highest BCUT2D eigenvalue weighted by molar-refractivity contribution is 6.05. The Morgan fingerprint density at radius 2 is 1.69 bits per heavy atom. The predicted octanol–water partition coefficient (Wildman–Crippen LogP) is 4.94. The number of nitrogens with one attached hydrogen (secondary N) is 1. The van der Waals surface area contributed by atoms with Crippen molar-refractivity contribution in [3.05, 3.63) is 53.6 Å². The first-order valence-corrected chi connectivity index (χ1v) is 10.9. The van der Waals surface area contributed by atoms with Gasteiger partial charge in [-0.05, 0) is 70.3 Å². The highest BCUT2D eigenvalue weighted by Crippen LogP contribution is 2.37. The number of hydrogen-bond donors (Lipinski definition) is 1. The highest BCUT2D eigenvalue weighted by Gasteiger charge is 2.35. The van der Waals surface area contributed by atoms with Gasteiger partial charge in [-0.3, -0.25) is 4.79 Å². The number of halogens is 3. The number of piperazine rings is 1. The average molecular weight is 449 g/mol. The van der Waals surface area contributed by atoms with E-state index >= 15 is 0 Å². The Kier molecular flexibility index (Phi) is 7.33. The van der Waals surface area contributed by atoms with Crippen molar-refractivity contribution >= 4 is 23.0 Å². The van der Waals surface area contributed by atoms with Gasteiger partial charge in [0.2, 0.25) is 0 Å². The average Bonchev–Trinajstić information content (AvgIpc) is 2.74. The second kappa shape index (κ2) is 9.81. The lowest BCUT2D eigenvalue weighted by Gasteiger charge is -2.34. The van der Waals surface area contributed by atoms with Gasteiger partial charge in [-0.25, -0.2) is 0 Å². The van der Waals surface area contributed by atoms with Gasteiger partial charge in [0.1, 0.15) is 0 Å². The number of hydrogen-bond acceptors (Lipinski definition) is 4. The van der Waals surface area contributed by atoms with E-state index in [2.05, 4.69) is 29.0 Å². The van der Waals surface area contributed by atoms with Gasteiger partial charge in [-0.1, -0.05) is 0 Å². The maximum Gasteiger partial charge on any atom is 0.418 e. The molecule has 3 rings (SSSR count). The van der Waals surface area contributed by atoms with Crippen LogP contribution in [-0.4, -0.2) is 56.6 Å². The summed E-state index contributed by atoms with van der Waals surface area (Å²) < 4.78 is 41.3. The van der Waals surface area contributed by atoms with E-state index < -0.39 is 17.6 Å². The molecule has 0 radical (unpaired) electrons. The minimum Gasteiger partial charge on any atom is -0.369 e. The monoisotopic (exact) mass is 448 g/mol. The maximum absolute atomic E-state index is 13.8. The summed E-state index contributed by atoms with van der Waals surface area (Å²) in [6, 6.07) is 11.3. The minimum atomic E-state index is -4.58. The molecule has 32 heavy (non-hydrogen) atoms. The molecule has 0 aromatic heterocycles. The molecular formula is C24H31F3N4O. The zero-order valence-electron chi connectivity index (χ0n) is 19.0. The molecule has 0 spiro atoms. The van der Waals surface area contributed by atoms with E-state index in [1.54, 1.807) is 18.2 Å². The van der Waals surface area contributed by atoms with Crippen LogP contribution < -0.4 is 15.1 Å². The van der Waals surface area contributed by atoms with Crippen molar-refractivity contribution in [2.45, 2.75) is 33.0 Å². The van der Waals surface area contributed by atoms with E-state index in [9.17, 15) is 18.0 Å². The van der Waals surface area contributed by atoms with Crippen LogP contribution in [0.5, 0.6) is 0 Å². The number of alkyl halides is 3. The van der Waals surface area contributed by atoms with Gasteiger partial charge in [0.05, 0.1) is 11.3 Å². The van der Waals surface area contributed by atoms with Crippen molar-refractivity contribution in [1.82, 2.24) is 4.90 Å². The number of likely N-dealkylation sites (N-methyl/N-ethyl adjacent to an activating group) is 1. The zero-order valence-corrected chi connectivity index (χ0v) is 19.0. The molecule has 5 nitrogen and oxygen atoms in total. The Morgan fingerprint density at radius 3 is 2.22 bits per heavy atom. The molecule has 2 aromatic rings. The molecule has 1 heterocycles. The van der Waals surface area contributed by atoms with Crippen LogP contribution in [0.3, 0.4) is 0 Å². The summed E-state index contributed by atoms with van der Waals surface area (Å²) in [7, 11) is 1.99. The molecule has 1 saturated heterocycles. The lowest BCUT2D eigenvalue weighted by molar-refractivity contribution is -0.136. The zero-order chi connectivity index (χ0) is 23.5. The molecule has 2 aromatic carbocycles. The molecule has 0 unspecified atom stereocenters. The lowest BCUT2D eigenvalue weighted by Crippen LogP contribution is -2.44. The molecule has 0 aliphatic carbocycles. The molecular weight excluding hydrogens is 417 g/mol. The number of benzene rings is 2. The van der Waals surface area contributed by atoms with E-state index in [1.807, 2.05) is 31.0 Å². The van der Waals surface area contributed by atoms with Gasteiger partial charge in [0, 0.05) is 55.7 Å². The van der Waals surface area contributed by atoms with Gasteiger partial charge in [0.15, 0.2) is 0 Å². The van der Waals surface area contributed by atoms with E-state index in [4.69, 9.17) is 0 Å². The topological polar surface area (TPSA) is 38.8 Å². The predicted molar refractivity (Wildman–Crippen MR) is 124 cm³/mol. The summed E-state index contributed by atoms with van der Waals surface area (Å²) in [5.41, 5.74) is 0.718. The Bertz CT molecular complexity index is 920. The fourth-order valence-corrected chi connectivity index (χ4v) is 3.98. The Balaban J connectivity index is 1.80. The van der Waals surface area contributed by atoms with Crippen molar-refractivity contribution in [2.24, 2.45) is 0 Å². The molecule has 0 saturated carbocycles. The molecule has 0 atom stereocenters. The van der Waals surface area contributed by atoms with Crippen LogP contribution in [0.15, 0.2) is 42.5 Å². The maximum atomic E-state index is 13.8. The minimum absolute atomic E-state index is 0.234. The molecule has 1 aliphatic rings. The van der Waals surface area contributed by atoms with Crippen molar-refractivity contribution in [3.8, 4) is 0 Å². The van der Waals surface area contributed by atoms with Crippen molar-refractivity contribution in [2.75, 3.05) is 54.9 Å². The first-order chi connectivity index (χ1) is 15.1. The number of carbonyl (C=O) groups is 1. The van der Waals surface area contributed by atoms with Crippen LogP contribution in [0, 0.1) is 0 Å². The molecule has 0 bridgehead atoms. The number of amides is 1. The molecule has 1 N–H and O–H groups in total. The van der Waals surface area contributed by atoms with Gasteiger partial charge >= 0.3 is 6.18 Å². The van der Waals surface area contributed by atoms with E-state index in [0.29, 0.717) is 30.4 Å². The van der Waals surface area contributed by atoms with Gasteiger partial charge < -0.3 is 20.0 Å². The van der Waals surface area contributed by atoms with Crippen molar-refractivity contribution in [3.63, 3.8) is 0 Å². The molecule has 1 aliphatic heterocycles. The largest absolute Gasteiger partial charge is 0.418 e. The van der Waals surface area contributed by atoms with Crippen molar-refractivity contribution < 1.29 is 18.0 Å². The number of carbonyl (C=O) groups excluding carboxylic acids is 1. The van der Waals surface area contributed by atoms with Crippen LogP contribution in [0.25, 0.3) is 0 Å². The first-order valence-electron chi connectivity index (χ1n) is 10.9. The fraction of sp³-hybridized carbons (Fsp3) is 0.458. The molecule has 1 amide bonds. The Morgan fingerprint density at radius 1 is 1.06 bits per heavy atom. The van der Waals surface area contributed by atoms with E-state index in [1.165, 1.54) is 6.07 Å². The lowest BCUT2D eigenvalue weighted by atomic mass is 10.1. The smallest absolute Gasteiger partial charge is 0.369 e. The Labute approximate surface area is 187 Å². The van der Waals surface area contributed by atoms with E-state index in [-0.39, 0.29) is 5.69 Å². The molecule has 174 valence electrons. The van der Waals surface area contributed by atoms with Crippen LogP contribution in [-0.2, 0) is 6.18 Å². The fourth-order valence-electron chi connectivity index (χ4n) is 3.98. The Hall–Kier alpha value is -2.74. The second-order valence-corrected chi connectivity index (χ2v) is 8.40. The summed E-state index contributed by atoms with van der Waals surface area (Å²) >= 11 is 0. The second-order valence-electron chi connectivity index (χ2n) is 8.40. The quantitative estimate of drug-likeness (QED) is 0.679. The van der Waals surface area contributed by atoms with Gasteiger partial charge in [-0.2, -0.15) is 13.2 Å². The summed E-state index contributed by atoms with van der Waals surface area (Å²) in [5, 5.41) is 2.46. The SMILES string of the molecule is CCN(c1ccc(C(=O)Nc2ccc(N3CCN(C)CC3)cc2C(F)(F)F)cc1)C(C)C. The van der Waals surface area contributed by atoms with Gasteiger partial charge in [0.25, 0.3) is 5.91 Å². The van der Waals surface area contributed by atoms with E-state index in [0.717, 1.165) is 31.4 Å². The van der Waals surface area contributed by atoms with Crippen LogP contribution in [0.4, 0.5) is 30.2 Å². The summed E-state index contributed by atoms with van der Waals surface area (Å²) in [6.45, 7) is 9.93. The third kappa shape index (κ3) is 5.54. The standard InChI is InChI=1S/C24H31F3N4O/c1-5-31(17(2)3)19-8-6-18(7-9-19)23(32)28-22-11-10-20(16-21(22)24(25,26)27)30-14-12-29(4)13-15-30/h6-11,16-17H,5,12-15H2,1-4H3,(H,28,32). The first kappa shape index (κ1) is 23.9. The van der Waals surface area contributed by atoms with Crippen LogP contribution in [0.2, 0.25) is 0 Å². The van der Waals surface area contributed by atoms with Crippen LogP contribution in [0.1, 0.15) is 36.7 Å². The third-order valence-electron chi connectivity index (χ3n) is 5.85. The normalized spacial score (nSPS) is 15.2. The highest BCUT2D eigenvalue weighted by atomic mass is 19.4. The van der Waals surface area contributed by atoms with Crippen molar-refractivity contribution in [1.29, 1.82) is 0 Å². The summed E-state index contributed by atoms with van der Waals surface area (Å²) in [4.78, 5) is 18.9. The van der Waals surface area contributed by atoms with Gasteiger partial charge in [-0.15, -0.1) is 0 Å². The summed E-state index contributed by atoms with van der Waals surface area (Å²) in [6.07, 6.45) is -4.58. The van der Waals surface area contributed by atoms with Crippen LogP contribution >= 0.6 is 0 Å². The number of rotatable bonds is 6. The number of anilines is 3.